The van der Waals surface area contributed by atoms with Crippen molar-refractivity contribution in [3.8, 4) is 0 Å². The van der Waals surface area contributed by atoms with Crippen LogP contribution in [0.15, 0.2) is 24.5 Å². The number of rotatable bonds is 1. The number of amides is 1. The number of pyridine rings is 1. The molecule has 1 amide bonds. The monoisotopic (exact) mass is 202 g/mol. The molecule has 0 unspecified atom stereocenters. The molecule has 0 spiro atoms. The largest absolute Gasteiger partial charge is 1.00 e. The highest BCUT2D eigenvalue weighted by atomic mass is 35.5. The van der Waals surface area contributed by atoms with Crippen molar-refractivity contribution in [3.05, 3.63) is 30.1 Å². The van der Waals surface area contributed by atoms with Gasteiger partial charge in [-0.25, -0.2) is 4.57 Å². The molecule has 0 bridgehead atoms. The molecule has 1 aromatic rings. The number of aromatic nitrogens is 1. The van der Waals surface area contributed by atoms with Crippen LogP contribution in [0.4, 0.5) is 0 Å². The standard InChI is InChI=1S/C8H10N2O.CH4.ClH/c1-9-8(11)7-4-3-5-10(2)6-7;;/h3-6H,1-2H3;1H4;1H. The Morgan fingerprint density at radius 3 is 2.62 bits per heavy atom. The Bertz CT molecular complexity index is 276. The quantitative estimate of drug-likeness (QED) is 0.503. The summed E-state index contributed by atoms with van der Waals surface area (Å²) >= 11 is 0. The van der Waals surface area contributed by atoms with Crippen LogP contribution < -0.4 is 22.3 Å². The van der Waals surface area contributed by atoms with Crippen molar-refractivity contribution in [3.63, 3.8) is 0 Å². The van der Waals surface area contributed by atoms with Crippen molar-refractivity contribution in [1.82, 2.24) is 5.32 Å². The van der Waals surface area contributed by atoms with Gasteiger partial charge in [0, 0.05) is 13.1 Å². The zero-order chi connectivity index (χ0) is 8.27. The van der Waals surface area contributed by atoms with E-state index in [-0.39, 0.29) is 25.7 Å². The maximum Gasteiger partial charge on any atom is 0.257 e. The van der Waals surface area contributed by atoms with Gasteiger partial charge in [-0.2, -0.15) is 0 Å². The van der Waals surface area contributed by atoms with Gasteiger partial charge in [0.1, 0.15) is 12.6 Å². The van der Waals surface area contributed by atoms with Gasteiger partial charge in [-0.1, -0.05) is 7.43 Å². The summed E-state index contributed by atoms with van der Waals surface area (Å²) in [7, 11) is 3.50. The molecule has 1 heterocycles. The van der Waals surface area contributed by atoms with E-state index < -0.39 is 0 Å². The number of nitrogens with zero attached hydrogens (tertiary/aromatic N) is 1. The molecule has 0 aliphatic rings. The fraction of sp³-hybridized carbons (Fsp3) is 0.333. The van der Waals surface area contributed by atoms with E-state index in [1.807, 2.05) is 23.9 Å². The molecule has 0 aliphatic heterocycles. The molecule has 0 fully saturated rings. The minimum absolute atomic E-state index is 0. The third kappa shape index (κ3) is 3.90. The van der Waals surface area contributed by atoms with E-state index in [0.29, 0.717) is 5.56 Å². The van der Waals surface area contributed by atoms with Crippen molar-refractivity contribution < 1.29 is 21.8 Å². The number of aryl methyl sites for hydroxylation is 1. The lowest BCUT2D eigenvalue weighted by Crippen LogP contribution is -3.00. The first-order valence-corrected chi connectivity index (χ1v) is 3.41. The molecule has 0 aromatic carbocycles. The predicted molar refractivity (Wildman–Crippen MR) is 47.7 cm³/mol. The maximum absolute atomic E-state index is 11.0. The van der Waals surface area contributed by atoms with Gasteiger partial charge in [0.2, 0.25) is 0 Å². The second-order valence-electron chi connectivity index (χ2n) is 2.34. The molecule has 0 saturated heterocycles. The van der Waals surface area contributed by atoms with Crippen molar-refractivity contribution in [2.24, 2.45) is 7.05 Å². The highest BCUT2D eigenvalue weighted by molar-refractivity contribution is 5.93. The summed E-state index contributed by atoms with van der Waals surface area (Å²) in [4.78, 5) is 11.0. The zero-order valence-electron chi connectivity index (χ0n) is 7.04. The van der Waals surface area contributed by atoms with Crippen LogP contribution in [-0.4, -0.2) is 13.0 Å². The van der Waals surface area contributed by atoms with Gasteiger partial charge in [0.15, 0.2) is 12.4 Å². The van der Waals surface area contributed by atoms with E-state index in [1.165, 1.54) is 0 Å². The minimum atomic E-state index is -0.0544. The number of hydrogen-bond donors (Lipinski definition) is 1. The molecule has 0 aliphatic carbocycles. The van der Waals surface area contributed by atoms with Gasteiger partial charge >= 0.3 is 0 Å². The summed E-state index contributed by atoms with van der Waals surface area (Å²) in [6.45, 7) is 0. The van der Waals surface area contributed by atoms with Crippen LogP contribution in [0.2, 0.25) is 0 Å². The SMILES string of the molecule is C.CNC(=O)c1ccc[n+](C)c1.[Cl-]. The smallest absolute Gasteiger partial charge is 0.257 e. The van der Waals surface area contributed by atoms with E-state index in [0.717, 1.165) is 0 Å². The van der Waals surface area contributed by atoms with Crippen LogP contribution in [0.5, 0.6) is 0 Å². The molecular formula is C9H15ClN2O. The lowest BCUT2D eigenvalue weighted by atomic mass is 10.3. The third-order valence-corrected chi connectivity index (χ3v) is 1.43. The number of halogens is 1. The molecule has 3 nitrogen and oxygen atoms in total. The second-order valence-corrected chi connectivity index (χ2v) is 2.34. The normalized spacial score (nSPS) is 7.85. The van der Waals surface area contributed by atoms with E-state index in [9.17, 15) is 4.79 Å². The summed E-state index contributed by atoms with van der Waals surface area (Å²) in [5.74, 6) is -0.0544. The van der Waals surface area contributed by atoms with Gasteiger partial charge < -0.3 is 17.7 Å². The molecular weight excluding hydrogens is 188 g/mol. The number of carbonyl (C=O) groups is 1. The number of nitrogens with one attached hydrogen (secondary N) is 1. The molecule has 0 radical (unpaired) electrons. The van der Waals surface area contributed by atoms with Gasteiger partial charge in [-0.05, 0) is 6.07 Å². The average molecular weight is 203 g/mol. The third-order valence-electron chi connectivity index (χ3n) is 1.43. The Labute approximate surface area is 85.2 Å². The topological polar surface area (TPSA) is 33.0 Å². The summed E-state index contributed by atoms with van der Waals surface area (Å²) < 4.78 is 1.84. The highest BCUT2D eigenvalue weighted by Crippen LogP contribution is 1.91. The van der Waals surface area contributed by atoms with Crippen molar-refractivity contribution in [1.29, 1.82) is 0 Å². The van der Waals surface area contributed by atoms with Crippen molar-refractivity contribution in [2.45, 2.75) is 7.43 Å². The maximum atomic E-state index is 11.0. The Kier molecular flexibility index (Phi) is 7.14. The van der Waals surface area contributed by atoms with Crippen LogP contribution in [0.25, 0.3) is 0 Å². The fourth-order valence-corrected chi connectivity index (χ4v) is 0.867. The summed E-state index contributed by atoms with van der Waals surface area (Å²) in [6, 6.07) is 3.61. The summed E-state index contributed by atoms with van der Waals surface area (Å²) in [5.41, 5.74) is 0.678. The molecule has 0 saturated carbocycles. The Balaban J connectivity index is 0. The first kappa shape index (κ1) is 14.4. The lowest BCUT2D eigenvalue weighted by Gasteiger charge is -1.95. The molecule has 0 atom stereocenters. The zero-order valence-corrected chi connectivity index (χ0v) is 7.80. The molecule has 4 heteroatoms. The lowest BCUT2D eigenvalue weighted by molar-refractivity contribution is -0.671. The van der Waals surface area contributed by atoms with Crippen LogP contribution in [0.3, 0.4) is 0 Å². The highest BCUT2D eigenvalue weighted by Gasteiger charge is 2.04. The van der Waals surface area contributed by atoms with Gasteiger partial charge in [0.05, 0.1) is 0 Å². The fourth-order valence-electron chi connectivity index (χ4n) is 0.867. The molecule has 13 heavy (non-hydrogen) atoms. The van der Waals surface area contributed by atoms with Crippen molar-refractivity contribution in [2.75, 3.05) is 7.05 Å². The van der Waals surface area contributed by atoms with Gasteiger partial charge in [-0.3, -0.25) is 4.79 Å². The van der Waals surface area contributed by atoms with E-state index in [2.05, 4.69) is 5.32 Å². The van der Waals surface area contributed by atoms with Gasteiger partial charge in [-0.15, -0.1) is 0 Å². The minimum Gasteiger partial charge on any atom is -1.00 e. The Morgan fingerprint density at radius 2 is 2.15 bits per heavy atom. The van der Waals surface area contributed by atoms with Gasteiger partial charge in [0.25, 0.3) is 5.91 Å². The molecule has 1 rings (SSSR count). The molecule has 1 aromatic heterocycles. The van der Waals surface area contributed by atoms with Crippen LogP contribution in [0.1, 0.15) is 17.8 Å². The number of hydrogen-bond acceptors (Lipinski definition) is 1. The first-order chi connectivity index (χ1) is 5.24. The van der Waals surface area contributed by atoms with Crippen LogP contribution in [-0.2, 0) is 7.05 Å². The van der Waals surface area contributed by atoms with Crippen LogP contribution in [0, 0.1) is 0 Å². The van der Waals surface area contributed by atoms with E-state index in [1.54, 1.807) is 19.3 Å². The van der Waals surface area contributed by atoms with Crippen molar-refractivity contribution >= 4 is 5.91 Å². The van der Waals surface area contributed by atoms with E-state index in [4.69, 9.17) is 0 Å². The average Bonchev–Trinajstić information content (AvgIpc) is 2.03. The predicted octanol–water partition coefficient (Wildman–Crippen LogP) is -2.49. The number of carbonyl (C=O) groups excluding carboxylic acids is 1. The Hall–Kier alpha value is -1.09. The second kappa shape index (κ2) is 6.43. The molecule has 74 valence electrons. The Morgan fingerprint density at radius 1 is 1.54 bits per heavy atom. The summed E-state index contributed by atoms with van der Waals surface area (Å²) in [6.07, 6.45) is 3.66. The van der Waals surface area contributed by atoms with E-state index >= 15 is 0 Å². The van der Waals surface area contributed by atoms with Crippen LogP contribution >= 0.6 is 0 Å². The first-order valence-electron chi connectivity index (χ1n) is 3.41. The molecule has 1 N–H and O–H groups in total. The summed E-state index contributed by atoms with van der Waals surface area (Å²) in [5, 5.41) is 2.56.